The van der Waals surface area contributed by atoms with Crippen molar-refractivity contribution in [1.29, 1.82) is 0 Å². The average molecular weight is 220 g/mol. The van der Waals surface area contributed by atoms with E-state index in [1.807, 2.05) is 20.8 Å². The lowest BCUT2D eigenvalue weighted by Crippen LogP contribution is -2.11. The predicted octanol–water partition coefficient (Wildman–Crippen LogP) is 1.24. The zero-order valence-electron chi connectivity index (χ0n) is 8.03. The Morgan fingerprint density at radius 3 is 2.08 bits per heavy atom. The zero-order valence-corrected chi connectivity index (χ0v) is 9.66. The average Bonchev–Trinajstić information content (AvgIpc) is 2.28. The van der Waals surface area contributed by atoms with Gasteiger partial charge in [-0.3, -0.25) is 0 Å². The van der Waals surface area contributed by atoms with Gasteiger partial charge in [0, 0.05) is 11.7 Å². The van der Waals surface area contributed by atoms with Crippen molar-refractivity contribution in [3.8, 4) is 0 Å². The predicted molar refractivity (Wildman–Crippen MR) is 51.7 cm³/mol. The molecule has 0 radical (unpaired) electrons. The number of nitrogens with zero attached hydrogens (tertiary/aromatic N) is 2. The summed E-state index contributed by atoms with van der Waals surface area (Å²) in [6, 6.07) is 0. The maximum Gasteiger partial charge on any atom is 0.258 e. The molecule has 0 N–H and O–H groups in total. The molecular weight excluding hydrogens is 208 g/mol. The molecule has 0 spiro atoms. The van der Waals surface area contributed by atoms with Gasteiger partial charge in [0.05, 0.1) is 0 Å². The Bertz CT molecular complexity index is 400. The van der Waals surface area contributed by atoms with Crippen LogP contribution in [0.1, 0.15) is 25.8 Å². The smallest absolute Gasteiger partial charge is 0.221 e. The van der Waals surface area contributed by atoms with Gasteiger partial charge in [0.1, 0.15) is 5.01 Å². The van der Waals surface area contributed by atoms with Crippen LogP contribution in [0.25, 0.3) is 0 Å². The molecule has 0 saturated carbocycles. The molecule has 13 heavy (non-hydrogen) atoms. The maximum absolute atomic E-state index is 11.1. The molecular formula is C7H12N2O2S2. The van der Waals surface area contributed by atoms with Crippen molar-refractivity contribution in [2.45, 2.75) is 31.3 Å². The van der Waals surface area contributed by atoms with Gasteiger partial charge >= 0.3 is 0 Å². The zero-order chi connectivity index (χ0) is 10.3. The quantitative estimate of drug-likeness (QED) is 0.714. The van der Waals surface area contributed by atoms with Gasteiger partial charge in [-0.1, -0.05) is 20.8 Å². The third kappa shape index (κ3) is 2.47. The summed E-state index contributed by atoms with van der Waals surface area (Å²) in [4.78, 5) is 3.97. The molecule has 74 valence electrons. The van der Waals surface area contributed by atoms with Crippen LogP contribution < -0.4 is 0 Å². The molecule has 4 nitrogen and oxygen atoms in total. The number of aromatic nitrogens is 2. The Morgan fingerprint density at radius 1 is 1.31 bits per heavy atom. The van der Waals surface area contributed by atoms with E-state index in [0.717, 1.165) is 22.8 Å². The normalized spacial score (nSPS) is 13.2. The lowest BCUT2D eigenvalue weighted by atomic mass is 9.98. The van der Waals surface area contributed by atoms with Crippen molar-refractivity contribution in [3.63, 3.8) is 0 Å². The largest absolute Gasteiger partial charge is 0.258 e. The molecule has 0 fully saturated rings. The Balaban J connectivity index is 3.16. The van der Waals surface area contributed by atoms with Crippen LogP contribution in [-0.4, -0.2) is 24.0 Å². The SMILES string of the molecule is CC(C)(C)c1nc(S(C)(=O)=O)ns1. The van der Waals surface area contributed by atoms with Gasteiger partial charge in [0.2, 0.25) is 9.84 Å². The number of hydrogen-bond acceptors (Lipinski definition) is 5. The third-order valence-electron chi connectivity index (χ3n) is 1.38. The first-order valence-corrected chi connectivity index (χ1v) is 6.42. The molecule has 1 heterocycles. The van der Waals surface area contributed by atoms with E-state index in [1.165, 1.54) is 0 Å². The topological polar surface area (TPSA) is 59.9 Å². The van der Waals surface area contributed by atoms with Crippen LogP contribution in [-0.2, 0) is 15.3 Å². The Morgan fingerprint density at radius 2 is 1.85 bits per heavy atom. The number of sulfone groups is 1. The van der Waals surface area contributed by atoms with E-state index in [0.29, 0.717) is 0 Å². The van der Waals surface area contributed by atoms with Crippen molar-refractivity contribution < 1.29 is 8.42 Å². The molecule has 0 saturated heterocycles. The summed E-state index contributed by atoms with van der Waals surface area (Å²) in [7, 11) is -3.25. The van der Waals surface area contributed by atoms with E-state index in [-0.39, 0.29) is 10.6 Å². The minimum atomic E-state index is -3.25. The lowest BCUT2D eigenvalue weighted by Gasteiger charge is -2.12. The van der Waals surface area contributed by atoms with Crippen LogP contribution >= 0.6 is 11.5 Å². The summed E-state index contributed by atoms with van der Waals surface area (Å²) < 4.78 is 25.9. The van der Waals surface area contributed by atoms with Gasteiger partial charge < -0.3 is 0 Å². The fraction of sp³-hybridized carbons (Fsp3) is 0.714. The number of rotatable bonds is 1. The van der Waals surface area contributed by atoms with E-state index in [1.54, 1.807) is 0 Å². The van der Waals surface area contributed by atoms with E-state index >= 15 is 0 Å². The first-order valence-electron chi connectivity index (χ1n) is 3.75. The molecule has 6 heteroatoms. The molecule has 0 aliphatic rings. The maximum atomic E-state index is 11.1. The minimum absolute atomic E-state index is 0.0672. The van der Waals surface area contributed by atoms with Crippen LogP contribution in [0.3, 0.4) is 0 Å². The highest BCUT2D eigenvalue weighted by molar-refractivity contribution is 7.90. The fourth-order valence-electron chi connectivity index (χ4n) is 0.665. The molecule has 0 unspecified atom stereocenters. The van der Waals surface area contributed by atoms with Crippen LogP contribution in [0.15, 0.2) is 5.16 Å². The first kappa shape index (κ1) is 10.6. The Labute approximate surface area is 82.1 Å². The number of hydrogen-bond donors (Lipinski definition) is 0. The van der Waals surface area contributed by atoms with Gasteiger partial charge in [-0.15, -0.1) is 0 Å². The van der Waals surface area contributed by atoms with E-state index in [4.69, 9.17) is 0 Å². The second-order valence-electron chi connectivity index (χ2n) is 3.90. The van der Waals surface area contributed by atoms with Crippen molar-refractivity contribution in [2.24, 2.45) is 0 Å². The minimum Gasteiger partial charge on any atom is -0.221 e. The van der Waals surface area contributed by atoms with E-state index in [9.17, 15) is 8.42 Å². The highest BCUT2D eigenvalue weighted by Gasteiger charge is 2.22. The molecule has 0 aromatic carbocycles. The van der Waals surface area contributed by atoms with Crippen molar-refractivity contribution in [1.82, 2.24) is 9.36 Å². The summed E-state index contributed by atoms with van der Waals surface area (Å²) >= 11 is 1.14. The first-order chi connectivity index (χ1) is 5.71. The summed E-state index contributed by atoms with van der Waals surface area (Å²) in [6.45, 7) is 5.92. The van der Waals surface area contributed by atoms with Gasteiger partial charge in [-0.2, -0.15) is 4.37 Å². The van der Waals surface area contributed by atoms with Crippen molar-refractivity contribution >= 4 is 21.4 Å². The lowest BCUT2D eigenvalue weighted by molar-refractivity contribution is 0.572. The molecule has 1 aromatic rings. The summed E-state index contributed by atoms with van der Waals surface area (Å²) in [6.07, 6.45) is 1.11. The molecule has 0 aliphatic heterocycles. The van der Waals surface area contributed by atoms with E-state index in [2.05, 4.69) is 9.36 Å². The monoisotopic (exact) mass is 220 g/mol. The van der Waals surface area contributed by atoms with Crippen LogP contribution in [0.2, 0.25) is 0 Å². The van der Waals surface area contributed by atoms with Gasteiger partial charge in [0.25, 0.3) is 5.16 Å². The van der Waals surface area contributed by atoms with Gasteiger partial charge in [0.15, 0.2) is 0 Å². The van der Waals surface area contributed by atoms with Crippen LogP contribution in [0.4, 0.5) is 0 Å². The Kier molecular flexibility index (Phi) is 2.46. The standard InChI is InChI=1S/C7H12N2O2S2/c1-7(2,3)5-8-6(9-12-5)13(4,10)11/h1-4H3. The highest BCUT2D eigenvalue weighted by Crippen LogP contribution is 2.24. The fourth-order valence-corrected chi connectivity index (χ4v) is 2.24. The molecule has 0 amide bonds. The van der Waals surface area contributed by atoms with Crippen molar-refractivity contribution in [2.75, 3.05) is 6.26 Å². The Hall–Kier alpha value is -0.490. The molecule has 0 aliphatic carbocycles. The second kappa shape index (κ2) is 3.02. The van der Waals surface area contributed by atoms with Gasteiger partial charge in [-0.25, -0.2) is 13.4 Å². The molecule has 0 atom stereocenters. The van der Waals surface area contributed by atoms with E-state index < -0.39 is 9.84 Å². The summed E-state index contributed by atoms with van der Waals surface area (Å²) in [5.41, 5.74) is -0.138. The molecule has 1 rings (SSSR count). The molecule has 0 bridgehead atoms. The van der Waals surface area contributed by atoms with Crippen LogP contribution in [0, 0.1) is 0 Å². The second-order valence-corrected chi connectivity index (χ2v) is 6.57. The summed E-state index contributed by atoms with van der Waals surface area (Å²) in [5.74, 6) is 0. The molecule has 1 aromatic heterocycles. The highest BCUT2D eigenvalue weighted by atomic mass is 32.2. The summed E-state index contributed by atoms with van der Waals surface area (Å²) in [5, 5.41) is 0.676. The van der Waals surface area contributed by atoms with Crippen molar-refractivity contribution in [3.05, 3.63) is 5.01 Å². The third-order valence-corrected chi connectivity index (χ3v) is 3.48. The van der Waals surface area contributed by atoms with Gasteiger partial charge in [-0.05, 0) is 11.5 Å². The van der Waals surface area contributed by atoms with Crippen LogP contribution in [0.5, 0.6) is 0 Å².